The van der Waals surface area contributed by atoms with Crippen molar-refractivity contribution in [3.63, 3.8) is 0 Å². The van der Waals surface area contributed by atoms with E-state index in [1.165, 1.54) is 24.3 Å². The molecule has 0 saturated heterocycles. The van der Waals surface area contributed by atoms with Crippen molar-refractivity contribution in [2.45, 2.75) is 13.8 Å². The van der Waals surface area contributed by atoms with Crippen molar-refractivity contribution >= 4 is 12.9 Å². The zero-order chi connectivity index (χ0) is 12.9. The second kappa shape index (κ2) is 6.10. The van der Waals surface area contributed by atoms with E-state index in [9.17, 15) is 8.96 Å². The van der Waals surface area contributed by atoms with Crippen molar-refractivity contribution in [2.24, 2.45) is 0 Å². The highest BCUT2D eigenvalue weighted by Crippen LogP contribution is 2.59. The summed E-state index contributed by atoms with van der Waals surface area (Å²) >= 11 is 0. The van der Waals surface area contributed by atoms with Gasteiger partial charge in [0.25, 0.3) is 0 Å². The van der Waals surface area contributed by atoms with Gasteiger partial charge in [-0.2, -0.15) is 0 Å². The molecule has 0 spiro atoms. The molecular formula is C12H16FO3P. The Labute approximate surface area is 101 Å². The minimum absolute atomic E-state index is 0.251. The number of hydrogen-bond acceptors (Lipinski definition) is 3. The van der Waals surface area contributed by atoms with Gasteiger partial charge in [-0.1, -0.05) is 18.7 Å². The predicted molar refractivity (Wildman–Crippen MR) is 66.3 cm³/mol. The third-order valence-corrected chi connectivity index (χ3v) is 4.22. The molecule has 0 bridgehead atoms. The van der Waals surface area contributed by atoms with Gasteiger partial charge in [0, 0.05) is 0 Å². The summed E-state index contributed by atoms with van der Waals surface area (Å²) in [5, 5.41) is 0.251. The van der Waals surface area contributed by atoms with E-state index in [1.54, 1.807) is 13.8 Å². The lowest BCUT2D eigenvalue weighted by molar-refractivity contribution is 0.230. The first kappa shape index (κ1) is 14.1. The summed E-state index contributed by atoms with van der Waals surface area (Å²) in [5.74, 6) is -0.357. The molecule has 0 atom stereocenters. The van der Waals surface area contributed by atoms with Crippen LogP contribution >= 0.6 is 7.60 Å². The maximum atomic E-state index is 12.8. The molecule has 5 heteroatoms. The van der Waals surface area contributed by atoms with Crippen LogP contribution in [0.4, 0.5) is 4.39 Å². The van der Waals surface area contributed by atoms with Crippen molar-refractivity contribution < 1.29 is 18.0 Å². The van der Waals surface area contributed by atoms with Crippen molar-refractivity contribution in [3.8, 4) is 0 Å². The Morgan fingerprint density at radius 1 is 1.24 bits per heavy atom. The van der Waals surface area contributed by atoms with Gasteiger partial charge in [0.15, 0.2) is 0 Å². The molecule has 0 unspecified atom stereocenters. The first-order chi connectivity index (χ1) is 8.03. The van der Waals surface area contributed by atoms with Gasteiger partial charge in [-0.15, -0.1) is 0 Å². The maximum Gasteiger partial charge on any atom is 0.361 e. The van der Waals surface area contributed by atoms with Crippen molar-refractivity contribution in [1.82, 2.24) is 0 Å². The highest BCUT2D eigenvalue weighted by molar-refractivity contribution is 7.65. The van der Waals surface area contributed by atoms with Crippen molar-refractivity contribution in [1.29, 1.82) is 0 Å². The molecule has 0 saturated carbocycles. The molecule has 0 aliphatic heterocycles. The zero-order valence-electron chi connectivity index (χ0n) is 9.98. The molecule has 0 aliphatic rings. The topological polar surface area (TPSA) is 35.5 Å². The molecule has 1 aromatic carbocycles. The van der Waals surface area contributed by atoms with Gasteiger partial charge in [0.05, 0.1) is 18.5 Å². The Kier molecular flexibility index (Phi) is 5.06. The van der Waals surface area contributed by atoms with Crippen LogP contribution in [0.3, 0.4) is 0 Å². The summed E-state index contributed by atoms with van der Waals surface area (Å²) in [6.07, 6.45) is 0. The Bertz CT molecular complexity index is 418. The molecular weight excluding hydrogens is 242 g/mol. The molecule has 0 radical (unpaired) electrons. The molecule has 0 aliphatic carbocycles. The van der Waals surface area contributed by atoms with E-state index in [0.29, 0.717) is 5.56 Å². The highest BCUT2D eigenvalue weighted by Gasteiger charge is 2.28. The average molecular weight is 258 g/mol. The third kappa shape index (κ3) is 3.50. The van der Waals surface area contributed by atoms with Crippen LogP contribution in [-0.2, 0) is 13.6 Å². The number of hydrogen-bond donors (Lipinski definition) is 0. The third-order valence-electron chi connectivity index (χ3n) is 2.11. The number of halogens is 1. The second-order valence-electron chi connectivity index (χ2n) is 3.29. The van der Waals surface area contributed by atoms with Crippen LogP contribution in [-0.4, -0.2) is 13.2 Å². The van der Waals surface area contributed by atoms with Gasteiger partial charge >= 0.3 is 7.60 Å². The van der Waals surface area contributed by atoms with Crippen LogP contribution in [0.15, 0.2) is 30.8 Å². The molecule has 0 fully saturated rings. The standard InChI is InChI=1S/C12H16FO3P/c1-4-15-17(14,16-5-2)10(3)11-6-8-12(13)9-7-11/h6-9H,3-5H2,1-2H3. The lowest BCUT2D eigenvalue weighted by Gasteiger charge is -2.19. The summed E-state index contributed by atoms with van der Waals surface area (Å²) in [7, 11) is -3.36. The Balaban J connectivity index is 2.99. The zero-order valence-corrected chi connectivity index (χ0v) is 10.9. The minimum atomic E-state index is -3.36. The summed E-state index contributed by atoms with van der Waals surface area (Å²) in [4.78, 5) is 0. The van der Waals surface area contributed by atoms with Crippen LogP contribution in [0.2, 0.25) is 0 Å². The molecule has 0 heterocycles. The van der Waals surface area contributed by atoms with Crippen LogP contribution in [0.1, 0.15) is 19.4 Å². The fourth-order valence-electron chi connectivity index (χ4n) is 1.33. The predicted octanol–water partition coefficient (Wildman–Crippen LogP) is 4.06. The molecule has 3 nitrogen and oxygen atoms in total. The van der Waals surface area contributed by atoms with E-state index in [-0.39, 0.29) is 24.3 Å². The first-order valence-corrected chi connectivity index (χ1v) is 6.92. The van der Waals surface area contributed by atoms with Crippen molar-refractivity contribution in [2.75, 3.05) is 13.2 Å². The van der Waals surface area contributed by atoms with Gasteiger partial charge < -0.3 is 9.05 Å². The van der Waals surface area contributed by atoms with E-state index in [1.807, 2.05) is 0 Å². The fraction of sp³-hybridized carbons (Fsp3) is 0.333. The van der Waals surface area contributed by atoms with Crippen molar-refractivity contribution in [3.05, 3.63) is 42.2 Å². The van der Waals surface area contributed by atoms with E-state index >= 15 is 0 Å². The SMILES string of the molecule is C=C(c1ccc(F)cc1)P(=O)(OCC)OCC. The van der Waals surface area contributed by atoms with Gasteiger partial charge in [0.2, 0.25) is 0 Å². The van der Waals surface area contributed by atoms with Gasteiger partial charge in [-0.05, 0) is 31.5 Å². The lowest BCUT2D eigenvalue weighted by Crippen LogP contribution is -1.98. The van der Waals surface area contributed by atoms with Crippen LogP contribution in [0.5, 0.6) is 0 Å². The lowest BCUT2D eigenvalue weighted by atomic mass is 10.2. The summed E-state index contributed by atoms with van der Waals surface area (Å²) in [6.45, 7) is 7.70. The largest absolute Gasteiger partial charge is 0.361 e. The smallest absolute Gasteiger partial charge is 0.305 e. The quantitative estimate of drug-likeness (QED) is 0.722. The van der Waals surface area contributed by atoms with Gasteiger partial charge in [-0.3, -0.25) is 4.57 Å². The molecule has 0 N–H and O–H groups in total. The van der Waals surface area contributed by atoms with Crippen LogP contribution in [0.25, 0.3) is 5.31 Å². The monoisotopic (exact) mass is 258 g/mol. The Morgan fingerprint density at radius 2 is 1.71 bits per heavy atom. The normalized spacial score (nSPS) is 11.5. The van der Waals surface area contributed by atoms with Crippen LogP contribution in [0, 0.1) is 5.82 Å². The first-order valence-electron chi connectivity index (χ1n) is 5.38. The molecule has 0 aromatic heterocycles. The fourth-order valence-corrected chi connectivity index (χ4v) is 2.86. The average Bonchev–Trinajstić information content (AvgIpc) is 2.30. The molecule has 0 amide bonds. The number of benzene rings is 1. The van der Waals surface area contributed by atoms with Gasteiger partial charge in [-0.25, -0.2) is 4.39 Å². The highest BCUT2D eigenvalue weighted by atomic mass is 31.2. The van der Waals surface area contributed by atoms with E-state index < -0.39 is 7.60 Å². The van der Waals surface area contributed by atoms with Gasteiger partial charge in [0.1, 0.15) is 5.82 Å². The minimum Gasteiger partial charge on any atom is -0.305 e. The van der Waals surface area contributed by atoms with E-state index in [2.05, 4.69) is 6.58 Å². The van der Waals surface area contributed by atoms with E-state index in [0.717, 1.165) is 0 Å². The molecule has 1 rings (SSSR count). The molecule has 1 aromatic rings. The number of rotatable bonds is 6. The second-order valence-corrected chi connectivity index (χ2v) is 5.34. The maximum absolute atomic E-state index is 12.8. The Morgan fingerprint density at radius 3 is 2.12 bits per heavy atom. The molecule has 94 valence electrons. The van der Waals surface area contributed by atoms with Crippen LogP contribution < -0.4 is 0 Å². The van der Waals surface area contributed by atoms with E-state index in [4.69, 9.17) is 9.05 Å². The Hall–Kier alpha value is -0.960. The molecule has 17 heavy (non-hydrogen) atoms. The summed E-state index contributed by atoms with van der Waals surface area (Å²) < 4.78 is 35.5. The summed E-state index contributed by atoms with van der Waals surface area (Å²) in [6, 6.07) is 5.57. The summed E-state index contributed by atoms with van der Waals surface area (Å²) in [5.41, 5.74) is 0.552.